The van der Waals surface area contributed by atoms with E-state index in [1.54, 1.807) is 25.1 Å². The van der Waals surface area contributed by atoms with Crippen LogP contribution in [0.3, 0.4) is 0 Å². The van der Waals surface area contributed by atoms with Crippen LogP contribution in [0, 0.1) is 11.8 Å². The van der Waals surface area contributed by atoms with Gasteiger partial charge in [0.05, 0.1) is 13.1 Å². The highest BCUT2D eigenvalue weighted by Crippen LogP contribution is 2.16. The summed E-state index contributed by atoms with van der Waals surface area (Å²) >= 11 is 0. The molecule has 0 spiro atoms. The SMILES string of the molecule is CCN(CCOc1cccc(C#CCN)c1)CC(F)(F)F. The van der Waals surface area contributed by atoms with Gasteiger partial charge in [-0.25, -0.2) is 0 Å². The van der Waals surface area contributed by atoms with Gasteiger partial charge in [0, 0.05) is 12.1 Å². The first-order chi connectivity index (χ1) is 9.94. The van der Waals surface area contributed by atoms with Crippen LogP contribution in [-0.2, 0) is 0 Å². The van der Waals surface area contributed by atoms with Crippen molar-refractivity contribution in [1.29, 1.82) is 0 Å². The molecule has 0 aromatic heterocycles. The van der Waals surface area contributed by atoms with Crippen molar-refractivity contribution in [3.8, 4) is 17.6 Å². The van der Waals surface area contributed by atoms with Gasteiger partial charge in [0.2, 0.25) is 0 Å². The third kappa shape index (κ3) is 7.59. The number of hydrogen-bond donors (Lipinski definition) is 1. The molecule has 116 valence electrons. The van der Waals surface area contributed by atoms with E-state index in [0.29, 0.717) is 12.3 Å². The van der Waals surface area contributed by atoms with Gasteiger partial charge >= 0.3 is 6.18 Å². The zero-order valence-corrected chi connectivity index (χ0v) is 11.9. The second-order valence-electron chi connectivity index (χ2n) is 4.37. The topological polar surface area (TPSA) is 38.5 Å². The minimum absolute atomic E-state index is 0.192. The van der Waals surface area contributed by atoms with Crippen molar-refractivity contribution in [2.24, 2.45) is 5.73 Å². The minimum atomic E-state index is -4.19. The highest BCUT2D eigenvalue weighted by Gasteiger charge is 2.29. The Morgan fingerprint density at radius 2 is 2.10 bits per heavy atom. The Hall–Kier alpha value is -1.71. The predicted molar refractivity (Wildman–Crippen MR) is 76.0 cm³/mol. The van der Waals surface area contributed by atoms with E-state index in [9.17, 15) is 13.2 Å². The quantitative estimate of drug-likeness (QED) is 0.819. The van der Waals surface area contributed by atoms with Gasteiger partial charge in [-0.05, 0) is 24.7 Å². The standard InChI is InChI=1S/C15H19F3N2O/c1-2-20(12-15(16,17)18)9-10-21-14-7-3-5-13(11-14)6-4-8-19/h3,5,7,11H,2,8-10,12,19H2,1H3. The van der Waals surface area contributed by atoms with Gasteiger partial charge in [-0.3, -0.25) is 4.90 Å². The molecule has 3 nitrogen and oxygen atoms in total. The monoisotopic (exact) mass is 300 g/mol. The molecule has 0 aliphatic rings. The minimum Gasteiger partial charge on any atom is -0.492 e. The lowest BCUT2D eigenvalue weighted by Crippen LogP contribution is -2.36. The van der Waals surface area contributed by atoms with Crippen molar-refractivity contribution in [2.45, 2.75) is 13.1 Å². The van der Waals surface area contributed by atoms with Crippen molar-refractivity contribution < 1.29 is 17.9 Å². The average Bonchev–Trinajstić information content (AvgIpc) is 2.43. The van der Waals surface area contributed by atoms with E-state index in [4.69, 9.17) is 10.5 Å². The Morgan fingerprint density at radius 1 is 1.33 bits per heavy atom. The largest absolute Gasteiger partial charge is 0.492 e. The van der Waals surface area contributed by atoms with Crippen molar-refractivity contribution >= 4 is 0 Å². The third-order valence-corrected chi connectivity index (χ3v) is 2.70. The van der Waals surface area contributed by atoms with Crippen LogP contribution in [0.2, 0.25) is 0 Å². The van der Waals surface area contributed by atoms with E-state index < -0.39 is 12.7 Å². The highest BCUT2D eigenvalue weighted by atomic mass is 19.4. The van der Waals surface area contributed by atoms with Crippen molar-refractivity contribution in [3.63, 3.8) is 0 Å². The molecule has 0 atom stereocenters. The first-order valence-electron chi connectivity index (χ1n) is 6.65. The molecule has 0 aliphatic carbocycles. The molecule has 0 aliphatic heterocycles. The molecule has 0 fully saturated rings. The number of halogens is 3. The zero-order chi connectivity index (χ0) is 15.7. The lowest BCUT2D eigenvalue weighted by molar-refractivity contribution is -0.146. The molecular formula is C15H19F3N2O. The normalized spacial score (nSPS) is 11.1. The fraction of sp³-hybridized carbons (Fsp3) is 0.467. The number of rotatable bonds is 6. The van der Waals surface area contributed by atoms with E-state index >= 15 is 0 Å². The Labute approximate surface area is 122 Å². The second-order valence-corrected chi connectivity index (χ2v) is 4.37. The Balaban J connectivity index is 2.48. The maximum absolute atomic E-state index is 12.3. The van der Waals surface area contributed by atoms with Crippen LogP contribution < -0.4 is 10.5 Å². The van der Waals surface area contributed by atoms with E-state index in [1.807, 2.05) is 6.07 Å². The number of alkyl halides is 3. The highest BCUT2D eigenvalue weighted by molar-refractivity contribution is 5.39. The first-order valence-corrected chi connectivity index (χ1v) is 6.65. The molecule has 1 rings (SSSR count). The molecule has 0 saturated carbocycles. The van der Waals surface area contributed by atoms with Crippen LogP contribution in [0.25, 0.3) is 0 Å². The van der Waals surface area contributed by atoms with Gasteiger partial charge < -0.3 is 10.5 Å². The fourth-order valence-corrected chi connectivity index (χ4v) is 1.71. The number of ether oxygens (including phenoxy) is 1. The summed E-state index contributed by atoms with van der Waals surface area (Å²) in [6, 6.07) is 7.08. The van der Waals surface area contributed by atoms with Crippen molar-refractivity contribution in [3.05, 3.63) is 29.8 Å². The molecule has 0 unspecified atom stereocenters. The third-order valence-electron chi connectivity index (χ3n) is 2.70. The molecule has 0 radical (unpaired) electrons. The number of likely N-dealkylation sites (N-methyl/N-ethyl adjacent to an activating group) is 1. The molecule has 0 amide bonds. The Kier molecular flexibility index (Phi) is 7.06. The zero-order valence-electron chi connectivity index (χ0n) is 11.9. The molecule has 21 heavy (non-hydrogen) atoms. The Morgan fingerprint density at radius 3 is 2.71 bits per heavy atom. The maximum atomic E-state index is 12.3. The second kappa shape index (κ2) is 8.55. The summed E-state index contributed by atoms with van der Waals surface area (Å²) in [5, 5.41) is 0. The van der Waals surface area contributed by atoms with Crippen LogP contribution >= 0.6 is 0 Å². The molecule has 0 bridgehead atoms. The van der Waals surface area contributed by atoms with Gasteiger partial charge in [-0.1, -0.05) is 24.8 Å². The summed E-state index contributed by atoms with van der Waals surface area (Å²) in [7, 11) is 0. The fourth-order valence-electron chi connectivity index (χ4n) is 1.71. The lowest BCUT2D eigenvalue weighted by atomic mass is 10.2. The summed E-state index contributed by atoms with van der Waals surface area (Å²) < 4.78 is 42.4. The van der Waals surface area contributed by atoms with Gasteiger partial charge in [-0.2, -0.15) is 13.2 Å². The maximum Gasteiger partial charge on any atom is 0.401 e. The van der Waals surface area contributed by atoms with Crippen molar-refractivity contribution in [1.82, 2.24) is 4.90 Å². The van der Waals surface area contributed by atoms with Crippen LogP contribution in [0.4, 0.5) is 13.2 Å². The first kappa shape index (κ1) is 17.3. The van der Waals surface area contributed by atoms with Gasteiger partial charge in [-0.15, -0.1) is 0 Å². The lowest BCUT2D eigenvalue weighted by Gasteiger charge is -2.21. The number of nitrogens with two attached hydrogens (primary N) is 1. The van der Waals surface area contributed by atoms with Gasteiger partial charge in [0.15, 0.2) is 0 Å². The number of nitrogens with zero attached hydrogens (tertiary/aromatic N) is 1. The Bertz CT molecular complexity index is 492. The molecule has 1 aromatic rings. The summed E-state index contributed by atoms with van der Waals surface area (Å²) in [5.41, 5.74) is 6.06. The van der Waals surface area contributed by atoms with E-state index in [1.165, 1.54) is 4.90 Å². The van der Waals surface area contributed by atoms with E-state index in [-0.39, 0.29) is 19.7 Å². The molecule has 0 heterocycles. The number of benzene rings is 1. The van der Waals surface area contributed by atoms with Crippen LogP contribution in [0.1, 0.15) is 12.5 Å². The molecule has 0 saturated heterocycles. The van der Waals surface area contributed by atoms with Crippen molar-refractivity contribution in [2.75, 3.05) is 32.8 Å². The van der Waals surface area contributed by atoms with E-state index in [0.717, 1.165) is 5.56 Å². The van der Waals surface area contributed by atoms with Gasteiger partial charge in [0.1, 0.15) is 12.4 Å². The molecule has 2 N–H and O–H groups in total. The summed E-state index contributed by atoms with van der Waals surface area (Å²) in [6.45, 7) is 1.77. The van der Waals surface area contributed by atoms with Crippen LogP contribution in [0.5, 0.6) is 5.75 Å². The summed E-state index contributed by atoms with van der Waals surface area (Å²) in [5.74, 6) is 6.19. The van der Waals surface area contributed by atoms with Crippen LogP contribution in [-0.4, -0.2) is 43.9 Å². The molecular weight excluding hydrogens is 281 g/mol. The average molecular weight is 300 g/mol. The molecule has 1 aromatic carbocycles. The smallest absolute Gasteiger partial charge is 0.401 e. The molecule has 6 heteroatoms. The van der Waals surface area contributed by atoms with E-state index in [2.05, 4.69) is 11.8 Å². The summed E-state index contributed by atoms with van der Waals surface area (Å²) in [6.07, 6.45) is -4.19. The van der Waals surface area contributed by atoms with Crippen LogP contribution in [0.15, 0.2) is 24.3 Å². The van der Waals surface area contributed by atoms with Gasteiger partial charge in [0.25, 0.3) is 0 Å². The predicted octanol–water partition coefficient (Wildman–Crippen LogP) is 2.26. The number of hydrogen-bond acceptors (Lipinski definition) is 3. The summed E-state index contributed by atoms with van der Waals surface area (Å²) in [4.78, 5) is 1.29.